The van der Waals surface area contributed by atoms with Gasteiger partial charge in [0.15, 0.2) is 15.6 Å². The standard InChI is InChI=1S/C11H19NO5S/c1-11(2,3)17-10(14)12-5-9(13)4-8-6-18(15,16)7-8/h8H,4-7H2,1-3H3,(H,12,14). The number of sulfone groups is 1. The Hall–Kier alpha value is -1.11. The lowest BCUT2D eigenvalue weighted by Gasteiger charge is -2.25. The van der Waals surface area contributed by atoms with Gasteiger partial charge in [-0.3, -0.25) is 4.79 Å². The smallest absolute Gasteiger partial charge is 0.408 e. The Bertz CT molecular complexity index is 423. The molecule has 0 unspecified atom stereocenters. The van der Waals surface area contributed by atoms with Gasteiger partial charge in [-0.15, -0.1) is 0 Å². The molecule has 0 aromatic heterocycles. The van der Waals surface area contributed by atoms with Gasteiger partial charge in [0.05, 0.1) is 18.1 Å². The van der Waals surface area contributed by atoms with E-state index in [1.165, 1.54) is 0 Å². The average Bonchev–Trinajstić information content (AvgIpc) is 2.09. The number of rotatable bonds is 4. The highest BCUT2D eigenvalue weighted by atomic mass is 32.2. The van der Waals surface area contributed by atoms with Crippen LogP contribution in [0.4, 0.5) is 4.79 Å². The molecule has 1 aliphatic rings. The Balaban J connectivity index is 2.20. The van der Waals surface area contributed by atoms with Gasteiger partial charge < -0.3 is 10.1 Å². The van der Waals surface area contributed by atoms with Crippen LogP contribution in [0.15, 0.2) is 0 Å². The van der Waals surface area contributed by atoms with E-state index in [-0.39, 0.29) is 36.2 Å². The van der Waals surface area contributed by atoms with Crippen molar-refractivity contribution in [2.45, 2.75) is 32.8 Å². The van der Waals surface area contributed by atoms with Gasteiger partial charge in [-0.25, -0.2) is 13.2 Å². The van der Waals surface area contributed by atoms with Crippen LogP contribution in [-0.4, -0.2) is 43.9 Å². The molecule has 0 aliphatic carbocycles. The predicted octanol–water partition coefficient (Wildman–Crippen LogP) is 0.515. The molecule has 0 aromatic rings. The summed E-state index contributed by atoms with van der Waals surface area (Å²) in [5.41, 5.74) is -0.602. The largest absolute Gasteiger partial charge is 0.444 e. The molecule has 7 heteroatoms. The Kier molecular flexibility index (Phi) is 4.37. The number of Topliss-reactive ketones (excluding diaryl/α,β-unsaturated/α-hetero) is 1. The maximum Gasteiger partial charge on any atom is 0.408 e. The third-order valence-corrected chi connectivity index (χ3v) is 4.28. The van der Waals surface area contributed by atoms with Crippen molar-refractivity contribution < 1.29 is 22.7 Å². The highest BCUT2D eigenvalue weighted by Crippen LogP contribution is 2.21. The van der Waals surface area contributed by atoms with Crippen LogP contribution in [0.5, 0.6) is 0 Å². The first-order chi connectivity index (χ1) is 8.07. The molecule has 1 rings (SSSR count). The fourth-order valence-corrected chi connectivity index (χ4v) is 3.24. The van der Waals surface area contributed by atoms with E-state index in [4.69, 9.17) is 4.74 Å². The Morgan fingerprint density at radius 3 is 2.28 bits per heavy atom. The van der Waals surface area contributed by atoms with Crippen LogP contribution in [0.1, 0.15) is 27.2 Å². The molecular formula is C11H19NO5S. The average molecular weight is 277 g/mol. The quantitative estimate of drug-likeness (QED) is 0.809. The zero-order chi connectivity index (χ0) is 14.0. The Morgan fingerprint density at radius 1 is 1.28 bits per heavy atom. The molecule has 1 aliphatic heterocycles. The lowest BCUT2D eigenvalue weighted by molar-refractivity contribution is -0.119. The van der Waals surface area contributed by atoms with Crippen LogP contribution >= 0.6 is 0 Å². The van der Waals surface area contributed by atoms with E-state index in [1.54, 1.807) is 20.8 Å². The molecule has 0 spiro atoms. The number of hydrogen-bond donors (Lipinski definition) is 1. The van der Waals surface area contributed by atoms with Crippen LogP contribution in [0, 0.1) is 5.92 Å². The third kappa shape index (κ3) is 5.48. The Labute approximate surface area is 107 Å². The van der Waals surface area contributed by atoms with Crippen LogP contribution in [0.3, 0.4) is 0 Å². The fourth-order valence-electron chi connectivity index (χ4n) is 1.67. The second kappa shape index (κ2) is 5.26. The lowest BCUT2D eigenvalue weighted by Crippen LogP contribution is -2.40. The second-order valence-corrected chi connectivity index (χ2v) is 7.69. The number of amides is 1. The molecule has 0 aromatic carbocycles. The second-order valence-electron chi connectivity index (χ2n) is 5.54. The van der Waals surface area contributed by atoms with E-state index in [2.05, 4.69) is 5.32 Å². The van der Waals surface area contributed by atoms with Crippen LogP contribution in [-0.2, 0) is 19.4 Å². The minimum atomic E-state index is -2.90. The van der Waals surface area contributed by atoms with Crippen molar-refractivity contribution >= 4 is 21.7 Å². The predicted molar refractivity (Wildman–Crippen MR) is 66.0 cm³/mol. The zero-order valence-electron chi connectivity index (χ0n) is 10.9. The van der Waals surface area contributed by atoms with Gasteiger partial charge in [0.25, 0.3) is 0 Å². The van der Waals surface area contributed by atoms with Gasteiger partial charge in [-0.05, 0) is 26.7 Å². The maximum absolute atomic E-state index is 11.5. The first kappa shape index (κ1) is 14.9. The van der Waals surface area contributed by atoms with Crippen molar-refractivity contribution in [2.75, 3.05) is 18.1 Å². The van der Waals surface area contributed by atoms with Crippen molar-refractivity contribution in [2.24, 2.45) is 5.92 Å². The monoisotopic (exact) mass is 277 g/mol. The molecule has 0 atom stereocenters. The fraction of sp³-hybridized carbons (Fsp3) is 0.818. The van der Waals surface area contributed by atoms with Gasteiger partial charge in [-0.1, -0.05) is 0 Å². The number of ether oxygens (including phenoxy) is 1. The van der Waals surface area contributed by atoms with Gasteiger partial charge in [-0.2, -0.15) is 0 Å². The molecule has 1 fully saturated rings. The molecular weight excluding hydrogens is 258 g/mol. The molecule has 0 saturated carbocycles. The summed E-state index contributed by atoms with van der Waals surface area (Å²) in [5.74, 6) is -0.125. The van der Waals surface area contributed by atoms with E-state index in [9.17, 15) is 18.0 Å². The summed E-state index contributed by atoms with van der Waals surface area (Å²) < 4.78 is 26.8. The van der Waals surface area contributed by atoms with Gasteiger partial charge in [0.1, 0.15) is 5.60 Å². The number of alkyl carbamates (subject to hydrolysis) is 1. The lowest BCUT2D eigenvalue weighted by atomic mass is 10.1. The number of hydrogen-bond acceptors (Lipinski definition) is 5. The van der Waals surface area contributed by atoms with Gasteiger partial charge in [0, 0.05) is 6.42 Å². The summed E-state index contributed by atoms with van der Waals surface area (Å²) >= 11 is 0. The first-order valence-corrected chi connectivity index (χ1v) is 7.58. The molecule has 6 nitrogen and oxygen atoms in total. The molecule has 1 amide bonds. The van der Waals surface area contributed by atoms with Crippen LogP contribution < -0.4 is 5.32 Å². The van der Waals surface area contributed by atoms with E-state index >= 15 is 0 Å². The molecule has 0 radical (unpaired) electrons. The summed E-state index contributed by atoms with van der Waals surface area (Å²) in [4.78, 5) is 22.7. The van der Waals surface area contributed by atoms with Crippen LogP contribution in [0.25, 0.3) is 0 Å². The highest BCUT2D eigenvalue weighted by Gasteiger charge is 2.34. The van der Waals surface area contributed by atoms with Crippen molar-refractivity contribution in [3.8, 4) is 0 Å². The van der Waals surface area contributed by atoms with Crippen molar-refractivity contribution in [3.05, 3.63) is 0 Å². The topological polar surface area (TPSA) is 89.5 Å². The first-order valence-electron chi connectivity index (χ1n) is 5.76. The number of ketones is 1. The van der Waals surface area contributed by atoms with Gasteiger partial charge >= 0.3 is 6.09 Å². The number of carbonyl (C=O) groups is 2. The molecule has 104 valence electrons. The van der Waals surface area contributed by atoms with Crippen LogP contribution in [0.2, 0.25) is 0 Å². The summed E-state index contributed by atoms with van der Waals surface area (Å²) in [6.07, 6.45) is -0.452. The van der Waals surface area contributed by atoms with E-state index in [0.717, 1.165) is 0 Å². The zero-order valence-corrected chi connectivity index (χ0v) is 11.7. The van der Waals surface area contributed by atoms with Crippen molar-refractivity contribution in [1.29, 1.82) is 0 Å². The van der Waals surface area contributed by atoms with Crippen molar-refractivity contribution in [1.82, 2.24) is 5.32 Å². The molecule has 0 bridgehead atoms. The van der Waals surface area contributed by atoms with E-state index in [1.807, 2.05) is 0 Å². The summed E-state index contributed by atoms with van der Waals surface area (Å²) in [5, 5.41) is 2.35. The van der Waals surface area contributed by atoms with Gasteiger partial charge in [0.2, 0.25) is 0 Å². The summed E-state index contributed by atoms with van der Waals surface area (Å²) in [6, 6.07) is 0. The summed E-state index contributed by atoms with van der Waals surface area (Å²) in [7, 11) is -2.90. The molecule has 1 heterocycles. The number of carbonyl (C=O) groups excluding carboxylic acids is 2. The molecule has 1 saturated heterocycles. The molecule has 18 heavy (non-hydrogen) atoms. The number of nitrogens with one attached hydrogen (secondary N) is 1. The minimum absolute atomic E-state index is 0.0746. The SMILES string of the molecule is CC(C)(C)OC(=O)NCC(=O)CC1CS(=O)(=O)C1. The highest BCUT2D eigenvalue weighted by molar-refractivity contribution is 7.92. The normalized spacial score (nSPS) is 18.8. The summed E-state index contributed by atoms with van der Waals surface area (Å²) in [6.45, 7) is 5.07. The minimum Gasteiger partial charge on any atom is -0.444 e. The van der Waals surface area contributed by atoms with E-state index < -0.39 is 21.5 Å². The Morgan fingerprint density at radius 2 is 1.83 bits per heavy atom. The molecule has 1 N–H and O–H groups in total. The third-order valence-electron chi connectivity index (χ3n) is 2.32. The van der Waals surface area contributed by atoms with Crippen molar-refractivity contribution in [3.63, 3.8) is 0 Å². The van der Waals surface area contributed by atoms with E-state index in [0.29, 0.717) is 0 Å². The maximum atomic E-state index is 11.5.